The number of nitrogens with two attached hydrogens (primary N) is 1. The summed E-state index contributed by atoms with van der Waals surface area (Å²) in [6, 6.07) is 18.1. The van der Waals surface area contributed by atoms with Gasteiger partial charge < -0.3 is 5.73 Å². The maximum Gasteiger partial charge on any atom is 0.0562 e. The zero-order valence-electron chi connectivity index (χ0n) is 8.23. The van der Waals surface area contributed by atoms with E-state index in [1.165, 1.54) is 0 Å². The van der Waals surface area contributed by atoms with Crippen LogP contribution in [0.1, 0.15) is 17.2 Å². The summed E-state index contributed by atoms with van der Waals surface area (Å²) in [5.41, 5.74) is 8.43. The van der Waals surface area contributed by atoms with E-state index in [0.29, 0.717) is 0 Å². The number of hydrogen-bond acceptors (Lipinski definition) is 1. The molecule has 2 aromatic carbocycles. The van der Waals surface area contributed by atoms with E-state index in [-0.39, 0.29) is 6.04 Å². The Balaban J connectivity index is 2.37. The Morgan fingerprint density at radius 1 is 0.867 bits per heavy atom. The first-order valence-corrected chi connectivity index (χ1v) is 5.63. The van der Waals surface area contributed by atoms with Crippen molar-refractivity contribution in [3.05, 3.63) is 70.2 Å². The van der Waals surface area contributed by atoms with Gasteiger partial charge in [0.1, 0.15) is 0 Å². The predicted molar refractivity (Wildman–Crippen MR) is 66.6 cm³/mol. The van der Waals surface area contributed by atoms with E-state index in [2.05, 4.69) is 15.9 Å². The van der Waals surface area contributed by atoms with Crippen LogP contribution in [0.2, 0.25) is 0 Å². The minimum Gasteiger partial charge on any atom is -0.320 e. The molecule has 15 heavy (non-hydrogen) atoms. The Morgan fingerprint density at radius 2 is 1.47 bits per heavy atom. The van der Waals surface area contributed by atoms with Crippen molar-refractivity contribution >= 4 is 15.9 Å². The molecular formula is C13H12BrN. The average Bonchev–Trinajstić information content (AvgIpc) is 2.30. The molecular weight excluding hydrogens is 250 g/mol. The molecule has 2 aromatic rings. The molecule has 0 radical (unpaired) electrons. The third-order valence-electron chi connectivity index (χ3n) is 2.40. The summed E-state index contributed by atoms with van der Waals surface area (Å²) in [6.45, 7) is 0. The molecule has 0 saturated heterocycles. The van der Waals surface area contributed by atoms with Gasteiger partial charge in [0.05, 0.1) is 6.04 Å². The van der Waals surface area contributed by atoms with Crippen molar-refractivity contribution < 1.29 is 0 Å². The Kier molecular flexibility index (Phi) is 3.19. The number of rotatable bonds is 2. The van der Waals surface area contributed by atoms with Crippen molar-refractivity contribution in [2.75, 3.05) is 0 Å². The van der Waals surface area contributed by atoms with Gasteiger partial charge in [-0.25, -0.2) is 0 Å². The standard InChI is InChI=1S/C13H12BrN/c14-12-9-5-4-8-11(12)13(15)10-6-2-1-3-7-10/h1-9,13H,15H2/t13-/m0/s1. The van der Waals surface area contributed by atoms with Crippen molar-refractivity contribution in [1.82, 2.24) is 0 Å². The molecule has 2 rings (SSSR count). The molecule has 0 amide bonds. The van der Waals surface area contributed by atoms with Crippen LogP contribution in [0.15, 0.2) is 59.1 Å². The van der Waals surface area contributed by atoms with Gasteiger partial charge in [0.15, 0.2) is 0 Å². The predicted octanol–water partition coefficient (Wildman–Crippen LogP) is 3.50. The fourth-order valence-electron chi connectivity index (χ4n) is 1.57. The first-order valence-electron chi connectivity index (χ1n) is 4.84. The number of benzene rings is 2. The third-order valence-corrected chi connectivity index (χ3v) is 3.12. The lowest BCUT2D eigenvalue weighted by Crippen LogP contribution is -2.12. The highest BCUT2D eigenvalue weighted by atomic mass is 79.9. The normalized spacial score (nSPS) is 12.4. The van der Waals surface area contributed by atoms with Gasteiger partial charge in [-0.05, 0) is 17.2 Å². The smallest absolute Gasteiger partial charge is 0.0562 e. The summed E-state index contributed by atoms with van der Waals surface area (Å²) in [6.07, 6.45) is 0. The fourth-order valence-corrected chi connectivity index (χ4v) is 2.10. The van der Waals surface area contributed by atoms with Gasteiger partial charge in [-0.1, -0.05) is 64.5 Å². The molecule has 2 N–H and O–H groups in total. The lowest BCUT2D eigenvalue weighted by molar-refractivity contribution is 0.866. The number of hydrogen-bond donors (Lipinski definition) is 1. The second-order valence-corrected chi connectivity index (χ2v) is 4.26. The largest absolute Gasteiger partial charge is 0.320 e. The van der Waals surface area contributed by atoms with Crippen LogP contribution in [0.4, 0.5) is 0 Å². The summed E-state index contributed by atoms with van der Waals surface area (Å²) in [5.74, 6) is 0. The minimum atomic E-state index is -0.0678. The van der Waals surface area contributed by atoms with Gasteiger partial charge in [0, 0.05) is 4.47 Å². The molecule has 0 heterocycles. The van der Waals surface area contributed by atoms with Crippen LogP contribution in [-0.4, -0.2) is 0 Å². The Hall–Kier alpha value is -1.12. The van der Waals surface area contributed by atoms with Crippen LogP contribution >= 0.6 is 15.9 Å². The first kappa shape index (κ1) is 10.4. The Bertz CT molecular complexity index is 439. The molecule has 0 spiro atoms. The maximum atomic E-state index is 6.19. The molecule has 0 fully saturated rings. The summed E-state index contributed by atoms with van der Waals surface area (Å²) in [5, 5.41) is 0. The van der Waals surface area contributed by atoms with Crippen LogP contribution in [-0.2, 0) is 0 Å². The van der Waals surface area contributed by atoms with Crippen molar-refractivity contribution in [3.63, 3.8) is 0 Å². The monoisotopic (exact) mass is 261 g/mol. The molecule has 0 unspecified atom stereocenters. The molecule has 0 aliphatic heterocycles. The van der Waals surface area contributed by atoms with E-state index < -0.39 is 0 Å². The Morgan fingerprint density at radius 3 is 2.13 bits per heavy atom. The van der Waals surface area contributed by atoms with Gasteiger partial charge >= 0.3 is 0 Å². The maximum absolute atomic E-state index is 6.19. The van der Waals surface area contributed by atoms with Crippen LogP contribution < -0.4 is 5.73 Å². The summed E-state index contributed by atoms with van der Waals surface area (Å²) >= 11 is 3.51. The fraction of sp³-hybridized carbons (Fsp3) is 0.0769. The lowest BCUT2D eigenvalue weighted by Gasteiger charge is -2.13. The van der Waals surface area contributed by atoms with Crippen molar-refractivity contribution in [2.24, 2.45) is 5.73 Å². The summed E-state index contributed by atoms with van der Waals surface area (Å²) in [7, 11) is 0. The molecule has 2 heteroatoms. The second kappa shape index (κ2) is 4.60. The van der Waals surface area contributed by atoms with Gasteiger partial charge in [0.25, 0.3) is 0 Å². The SMILES string of the molecule is N[C@@H](c1ccccc1)c1ccccc1Br. The molecule has 0 aliphatic carbocycles. The van der Waals surface area contributed by atoms with Crippen molar-refractivity contribution in [2.45, 2.75) is 6.04 Å². The summed E-state index contributed by atoms with van der Waals surface area (Å²) < 4.78 is 1.06. The number of halogens is 1. The van der Waals surface area contributed by atoms with Gasteiger partial charge in [-0.15, -0.1) is 0 Å². The highest BCUT2D eigenvalue weighted by Gasteiger charge is 2.10. The van der Waals surface area contributed by atoms with E-state index in [1.807, 2.05) is 54.6 Å². The van der Waals surface area contributed by atoms with Crippen LogP contribution in [0, 0.1) is 0 Å². The minimum absolute atomic E-state index is 0.0678. The first-order chi connectivity index (χ1) is 7.29. The molecule has 0 saturated carbocycles. The zero-order chi connectivity index (χ0) is 10.7. The quantitative estimate of drug-likeness (QED) is 0.880. The van der Waals surface area contributed by atoms with Crippen LogP contribution in [0.5, 0.6) is 0 Å². The van der Waals surface area contributed by atoms with Gasteiger partial charge in [0.2, 0.25) is 0 Å². The van der Waals surface area contributed by atoms with E-state index in [0.717, 1.165) is 15.6 Å². The van der Waals surface area contributed by atoms with Gasteiger partial charge in [-0.2, -0.15) is 0 Å². The highest BCUT2D eigenvalue weighted by molar-refractivity contribution is 9.10. The molecule has 0 bridgehead atoms. The van der Waals surface area contributed by atoms with Crippen molar-refractivity contribution in [3.8, 4) is 0 Å². The topological polar surface area (TPSA) is 26.0 Å². The zero-order valence-corrected chi connectivity index (χ0v) is 9.81. The lowest BCUT2D eigenvalue weighted by atomic mass is 10.00. The highest BCUT2D eigenvalue weighted by Crippen LogP contribution is 2.26. The van der Waals surface area contributed by atoms with Crippen LogP contribution in [0.25, 0.3) is 0 Å². The van der Waals surface area contributed by atoms with E-state index in [1.54, 1.807) is 0 Å². The van der Waals surface area contributed by atoms with E-state index in [9.17, 15) is 0 Å². The molecule has 1 atom stereocenters. The molecule has 0 aliphatic rings. The second-order valence-electron chi connectivity index (χ2n) is 3.41. The Labute approximate surface area is 98.1 Å². The molecule has 0 aromatic heterocycles. The molecule has 1 nitrogen and oxygen atoms in total. The average molecular weight is 262 g/mol. The van der Waals surface area contributed by atoms with Crippen LogP contribution in [0.3, 0.4) is 0 Å². The van der Waals surface area contributed by atoms with Crippen molar-refractivity contribution in [1.29, 1.82) is 0 Å². The third kappa shape index (κ3) is 2.28. The molecule has 76 valence electrons. The van der Waals surface area contributed by atoms with E-state index >= 15 is 0 Å². The van der Waals surface area contributed by atoms with E-state index in [4.69, 9.17) is 5.73 Å². The summed E-state index contributed by atoms with van der Waals surface area (Å²) in [4.78, 5) is 0. The van der Waals surface area contributed by atoms with Gasteiger partial charge in [-0.3, -0.25) is 0 Å².